The molecule has 2 rings (SSSR count). The van der Waals surface area contributed by atoms with Gasteiger partial charge in [-0.2, -0.15) is 0 Å². The molecule has 4 heteroatoms. The lowest BCUT2D eigenvalue weighted by molar-refractivity contribution is 0.242. The van der Waals surface area contributed by atoms with Crippen LogP contribution in [0.1, 0.15) is 30.1 Å². The molecule has 0 amide bonds. The fourth-order valence-corrected chi connectivity index (χ4v) is 2.47. The van der Waals surface area contributed by atoms with Crippen LogP contribution >= 0.6 is 11.3 Å². The molecule has 0 saturated carbocycles. The molecule has 0 aliphatic rings. The van der Waals surface area contributed by atoms with Gasteiger partial charge >= 0.3 is 0 Å². The zero-order valence-corrected chi connectivity index (χ0v) is 12.7. The molecule has 0 aliphatic heterocycles. The van der Waals surface area contributed by atoms with Crippen molar-refractivity contribution in [2.45, 2.75) is 40.3 Å². The zero-order valence-electron chi connectivity index (χ0n) is 11.9. The Kier molecular flexibility index (Phi) is 4.43. The molecule has 19 heavy (non-hydrogen) atoms. The highest BCUT2D eigenvalue weighted by Crippen LogP contribution is 2.22. The van der Waals surface area contributed by atoms with Crippen LogP contribution in [0.4, 0.5) is 5.69 Å². The van der Waals surface area contributed by atoms with Gasteiger partial charge in [0.15, 0.2) is 0 Å². The Morgan fingerprint density at radius 3 is 2.68 bits per heavy atom. The molecule has 3 nitrogen and oxygen atoms in total. The first-order valence-electron chi connectivity index (χ1n) is 6.47. The molecule has 1 heterocycles. The molecule has 1 aromatic heterocycles. The standard InChI is InChI=1S/C15H20N2OS/c1-10(2)18-14-5-6-15(11(3)7-14)16-8-13-9-19-12(4)17-13/h5-7,9-10,16H,8H2,1-4H3. The molecule has 1 aromatic carbocycles. The molecular weight excluding hydrogens is 256 g/mol. The molecule has 0 spiro atoms. The lowest BCUT2D eigenvalue weighted by atomic mass is 10.2. The summed E-state index contributed by atoms with van der Waals surface area (Å²) in [6, 6.07) is 6.13. The van der Waals surface area contributed by atoms with E-state index in [9.17, 15) is 0 Å². The van der Waals surface area contributed by atoms with Gasteiger partial charge in [-0.05, 0) is 51.5 Å². The quantitative estimate of drug-likeness (QED) is 0.890. The molecule has 0 saturated heterocycles. The van der Waals surface area contributed by atoms with E-state index in [2.05, 4.69) is 34.7 Å². The van der Waals surface area contributed by atoms with Crippen LogP contribution in [0, 0.1) is 13.8 Å². The van der Waals surface area contributed by atoms with Gasteiger partial charge in [0, 0.05) is 11.1 Å². The van der Waals surface area contributed by atoms with E-state index in [1.165, 1.54) is 5.56 Å². The lowest BCUT2D eigenvalue weighted by Gasteiger charge is -2.13. The van der Waals surface area contributed by atoms with Gasteiger partial charge in [0.05, 0.1) is 23.4 Å². The van der Waals surface area contributed by atoms with Crippen molar-refractivity contribution in [3.05, 3.63) is 39.8 Å². The predicted octanol–water partition coefficient (Wildman–Crippen LogP) is 4.16. The first kappa shape index (κ1) is 13.9. The van der Waals surface area contributed by atoms with Gasteiger partial charge in [-0.15, -0.1) is 11.3 Å². The van der Waals surface area contributed by atoms with Crippen molar-refractivity contribution >= 4 is 17.0 Å². The molecule has 1 N–H and O–H groups in total. The topological polar surface area (TPSA) is 34.2 Å². The number of ether oxygens (including phenoxy) is 1. The number of benzene rings is 1. The monoisotopic (exact) mass is 276 g/mol. The number of thiazole rings is 1. The van der Waals surface area contributed by atoms with Crippen LogP contribution in [-0.2, 0) is 6.54 Å². The SMILES string of the molecule is Cc1nc(CNc2ccc(OC(C)C)cc2C)cs1. The number of aromatic nitrogens is 1. The lowest BCUT2D eigenvalue weighted by Crippen LogP contribution is -2.06. The normalized spacial score (nSPS) is 10.8. The summed E-state index contributed by atoms with van der Waals surface area (Å²) in [5.41, 5.74) is 3.40. The summed E-state index contributed by atoms with van der Waals surface area (Å²) in [5.74, 6) is 0.919. The molecule has 0 aliphatic carbocycles. The number of rotatable bonds is 5. The average molecular weight is 276 g/mol. The zero-order chi connectivity index (χ0) is 13.8. The average Bonchev–Trinajstić information content (AvgIpc) is 2.73. The molecule has 0 unspecified atom stereocenters. The van der Waals surface area contributed by atoms with E-state index in [1.807, 2.05) is 26.8 Å². The number of hydrogen-bond acceptors (Lipinski definition) is 4. The molecular formula is C15H20N2OS. The third kappa shape index (κ3) is 3.96. The molecule has 0 bridgehead atoms. The highest BCUT2D eigenvalue weighted by molar-refractivity contribution is 7.09. The predicted molar refractivity (Wildman–Crippen MR) is 81.1 cm³/mol. The Balaban J connectivity index is 2.00. The maximum atomic E-state index is 5.68. The van der Waals surface area contributed by atoms with Crippen LogP contribution in [0.3, 0.4) is 0 Å². The van der Waals surface area contributed by atoms with E-state index in [1.54, 1.807) is 11.3 Å². The summed E-state index contributed by atoms with van der Waals surface area (Å²) >= 11 is 1.68. The largest absolute Gasteiger partial charge is 0.491 e. The Bertz CT molecular complexity index is 549. The fraction of sp³-hybridized carbons (Fsp3) is 0.400. The number of anilines is 1. The van der Waals surface area contributed by atoms with E-state index >= 15 is 0 Å². The maximum absolute atomic E-state index is 5.68. The maximum Gasteiger partial charge on any atom is 0.120 e. The van der Waals surface area contributed by atoms with Gasteiger partial charge in [-0.3, -0.25) is 0 Å². The Morgan fingerprint density at radius 2 is 2.11 bits per heavy atom. The van der Waals surface area contributed by atoms with Gasteiger partial charge in [-0.25, -0.2) is 4.98 Å². The van der Waals surface area contributed by atoms with Crippen molar-refractivity contribution in [2.75, 3.05) is 5.32 Å². The van der Waals surface area contributed by atoms with E-state index < -0.39 is 0 Å². The van der Waals surface area contributed by atoms with Gasteiger partial charge in [0.25, 0.3) is 0 Å². The van der Waals surface area contributed by atoms with Crippen LogP contribution in [-0.4, -0.2) is 11.1 Å². The second kappa shape index (κ2) is 6.06. The highest BCUT2D eigenvalue weighted by atomic mass is 32.1. The number of nitrogens with zero attached hydrogens (tertiary/aromatic N) is 1. The molecule has 0 fully saturated rings. The van der Waals surface area contributed by atoms with Crippen molar-refractivity contribution in [3.8, 4) is 5.75 Å². The van der Waals surface area contributed by atoms with E-state index in [0.29, 0.717) is 0 Å². The number of aryl methyl sites for hydroxylation is 2. The Labute approximate surface area is 118 Å². The van der Waals surface area contributed by atoms with Crippen LogP contribution in [0.5, 0.6) is 5.75 Å². The summed E-state index contributed by atoms with van der Waals surface area (Å²) in [6.07, 6.45) is 0.205. The third-order valence-corrected chi connectivity index (χ3v) is 3.52. The highest BCUT2D eigenvalue weighted by Gasteiger charge is 2.04. The summed E-state index contributed by atoms with van der Waals surface area (Å²) in [5, 5.41) is 6.61. The van der Waals surface area contributed by atoms with Gasteiger partial charge in [0.2, 0.25) is 0 Å². The van der Waals surface area contributed by atoms with E-state index in [4.69, 9.17) is 4.74 Å². The molecule has 2 aromatic rings. The molecule has 0 atom stereocenters. The van der Waals surface area contributed by atoms with Crippen LogP contribution in [0.2, 0.25) is 0 Å². The van der Waals surface area contributed by atoms with Crippen molar-refractivity contribution in [3.63, 3.8) is 0 Å². The Morgan fingerprint density at radius 1 is 1.32 bits per heavy atom. The first-order valence-corrected chi connectivity index (χ1v) is 7.35. The third-order valence-electron chi connectivity index (χ3n) is 2.70. The van der Waals surface area contributed by atoms with E-state index in [0.717, 1.165) is 28.7 Å². The fourth-order valence-electron chi connectivity index (χ4n) is 1.86. The second-order valence-electron chi connectivity index (χ2n) is 4.85. The number of hydrogen-bond donors (Lipinski definition) is 1. The van der Waals surface area contributed by atoms with E-state index in [-0.39, 0.29) is 6.10 Å². The Hall–Kier alpha value is -1.55. The van der Waals surface area contributed by atoms with Crippen molar-refractivity contribution < 1.29 is 4.74 Å². The van der Waals surface area contributed by atoms with Crippen molar-refractivity contribution in [2.24, 2.45) is 0 Å². The number of nitrogens with one attached hydrogen (secondary N) is 1. The first-order chi connectivity index (χ1) is 9.04. The minimum atomic E-state index is 0.205. The van der Waals surface area contributed by atoms with Crippen molar-refractivity contribution in [1.29, 1.82) is 0 Å². The van der Waals surface area contributed by atoms with Gasteiger partial charge in [-0.1, -0.05) is 0 Å². The van der Waals surface area contributed by atoms with Crippen LogP contribution in [0.15, 0.2) is 23.6 Å². The molecule has 102 valence electrons. The minimum absolute atomic E-state index is 0.205. The van der Waals surface area contributed by atoms with Crippen molar-refractivity contribution in [1.82, 2.24) is 4.98 Å². The summed E-state index contributed by atoms with van der Waals surface area (Å²) in [4.78, 5) is 4.44. The van der Waals surface area contributed by atoms with Gasteiger partial charge in [0.1, 0.15) is 5.75 Å². The summed E-state index contributed by atoms with van der Waals surface area (Å²) < 4.78 is 5.68. The minimum Gasteiger partial charge on any atom is -0.491 e. The second-order valence-corrected chi connectivity index (χ2v) is 5.92. The van der Waals surface area contributed by atoms with Gasteiger partial charge < -0.3 is 10.1 Å². The van der Waals surface area contributed by atoms with Crippen LogP contribution in [0.25, 0.3) is 0 Å². The summed E-state index contributed by atoms with van der Waals surface area (Å²) in [6.45, 7) is 8.94. The summed E-state index contributed by atoms with van der Waals surface area (Å²) in [7, 11) is 0. The smallest absolute Gasteiger partial charge is 0.120 e. The molecule has 0 radical (unpaired) electrons. The van der Waals surface area contributed by atoms with Crippen LogP contribution < -0.4 is 10.1 Å².